The van der Waals surface area contributed by atoms with Crippen LogP contribution in [-0.4, -0.2) is 15.5 Å². The van der Waals surface area contributed by atoms with Gasteiger partial charge in [-0.3, -0.25) is 4.79 Å². The molecule has 1 saturated carbocycles. The van der Waals surface area contributed by atoms with E-state index in [-0.39, 0.29) is 11.8 Å². The van der Waals surface area contributed by atoms with Crippen LogP contribution in [0.1, 0.15) is 37.1 Å². The summed E-state index contributed by atoms with van der Waals surface area (Å²) in [7, 11) is 0. The van der Waals surface area contributed by atoms with Gasteiger partial charge in [-0.15, -0.1) is 0 Å². The van der Waals surface area contributed by atoms with Gasteiger partial charge in [0.05, 0.1) is 0 Å². The zero-order valence-electron chi connectivity index (χ0n) is 12.4. The van der Waals surface area contributed by atoms with Crippen LogP contribution in [0.3, 0.4) is 0 Å². The van der Waals surface area contributed by atoms with Crippen molar-refractivity contribution < 1.29 is 4.79 Å². The van der Waals surface area contributed by atoms with Crippen LogP contribution in [-0.2, 0) is 11.3 Å². The normalized spacial score (nSPS) is 15.3. The first kappa shape index (κ1) is 13.9. The molecule has 1 aromatic heterocycles. The standard InChI is InChI=1S/C17H21N3O/c1-13-18-10-11-20(13)16-8-6-14(7-9-16)12-19-17(21)15-4-2-3-5-15/h6-11,15H,2-5,12H2,1H3,(H,19,21). The zero-order chi connectivity index (χ0) is 14.7. The molecule has 1 fully saturated rings. The van der Waals surface area contributed by atoms with E-state index in [9.17, 15) is 4.79 Å². The smallest absolute Gasteiger partial charge is 0.223 e. The molecule has 0 bridgehead atoms. The Morgan fingerprint density at radius 2 is 2.00 bits per heavy atom. The third-order valence-electron chi connectivity index (χ3n) is 4.23. The predicted octanol–water partition coefficient (Wildman–Crippen LogP) is 2.99. The predicted molar refractivity (Wildman–Crippen MR) is 82.1 cm³/mol. The number of aromatic nitrogens is 2. The number of nitrogens with zero attached hydrogens (tertiary/aromatic N) is 2. The van der Waals surface area contributed by atoms with E-state index in [1.54, 1.807) is 6.20 Å². The summed E-state index contributed by atoms with van der Waals surface area (Å²) in [6.45, 7) is 2.59. The Balaban J connectivity index is 1.60. The fraction of sp³-hybridized carbons (Fsp3) is 0.412. The van der Waals surface area contributed by atoms with Crippen LogP contribution in [0, 0.1) is 12.8 Å². The van der Waals surface area contributed by atoms with Gasteiger partial charge in [0, 0.05) is 30.5 Å². The van der Waals surface area contributed by atoms with Gasteiger partial charge in [0.15, 0.2) is 0 Å². The fourth-order valence-corrected chi connectivity index (χ4v) is 2.95. The number of benzene rings is 1. The number of hydrogen-bond acceptors (Lipinski definition) is 2. The van der Waals surface area contributed by atoms with Gasteiger partial charge in [0.2, 0.25) is 5.91 Å². The minimum Gasteiger partial charge on any atom is -0.352 e. The summed E-state index contributed by atoms with van der Waals surface area (Å²) in [4.78, 5) is 16.2. The van der Waals surface area contributed by atoms with Crippen molar-refractivity contribution in [2.75, 3.05) is 0 Å². The molecule has 0 spiro atoms. The second-order valence-electron chi connectivity index (χ2n) is 5.71. The number of carbonyl (C=O) groups excluding carboxylic acids is 1. The molecule has 4 nitrogen and oxygen atoms in total. The first-order valence-corrected chi connectivity index (χ1v) is 7.61. The molecule has 4 heteroatoms. The number of rotatable bonds is 4. The number of imidazole rings is 1. The lowest BCUT2D eigenvalue weighted by Crippen LogP contribution is -2.28. The van der Waals surface area contributed by atoms with E-state index < -0.39 is 0 Å². The van der Waals surface area contributed by atoms with Crippen LogP contribution in [0.15, 0.2) is 36.7 Å². The fourth-order valence-electron chi connectivity index (χ4n) is 2.95. The average Bonchev–Trinajstić information content (AvgIpc) is 3.17. The van der Waals surface area contributed by atoms with Crippen molar-refractivity contribution in [3.05, 3.63) is 48.0 Å². The number of hydrogen-bond donors (Lipinski definition) is 1. The highest BCUT2D eigenvalue weighted by molar-refractivity contribution is 5.78. The van der Waals surface area contributed by atoms with E-state index in [1.165, 1.54) is 12.8 Å². The van der Waals surface area contributed by atoms with Crippen LogP contribution in [0.5, 0.6) is 0 Å². The molecular formula is C17H21N3O. The van der Waals surface area contributed by atoms with Gasteiger partial charge in [-0.1, -0.05) is 25.0 Å². The molecule has 0 radical (unpaired) electrons. The Hall–Kier alpha value is -2.10. The third kappa shape index (κ3) is 3.15. The van der Waals surface area contributed by atoms with Gasteiger partial charge in [0.1, 0.15) is 5.82 Å². The average molecular weight is 283 g/mol. The molecule has 1 aromatic carbocycles. The molecule has 3 rings (SSSR count). The SMILES string of the molecule is Cc1nccn1-c1ccc(CNC(=O)C2CCCC2)cc1. The molecule has 0 unspecified atom stereocenters. The van der Waals surface area contributed by atoms with Gasteiger partial charge >= 0.3 is 0 Å². The largest absolute Gasteiger partial charge is 0.352 e. The van der Waals surface area contributed by atoms with E-state index in [4.69, 9.17) is 0 Å². The molecule has 0 atom stereocenters. The van der Waals surface area contributed by atoms with E-state index in [0.29, 0.717) is 6.54 Å². The lowest BCUT2D eigenvalue weighted by Gasteiger charge is -2.11. The second-order valence-corrected chi connectivity index (χ2v) is 5.71. The van der Waals surface area contributed by atoms with Crippen LogP contribution in [0.4, 0.5) is 0 Å². The summed E-state index contributed by atoms with van der Waals surface area (Å²) in [5.74, 6) is 1.41. The van der Waals surface area contributed by atoms with Crippen LogP contribution < -0.4 is 5.32 Å². The highest BCUT2D eigenvalue weighted by atomic mass is 16.1. The van der Waals surface area contributed by atoms with Crippen molar-refractivity contribution in [3.63, 3.8) is 0 Å². The Kier molecular flexibility index (Phi) is 4.04. The maximum Gasteiger partial charge on any atom is 0.223 e. The Labute approximate surface area is 125 Å². The monoisotopic (exact) mass is 283 g/mol. The molecule has 1 N–H and O–H groups in total. The Morgan fingerprint density at radius 1 is 1.29 bits per heavy atom. The summed E-state index contributed by atoms with van der Waals surface area (Å²) in [5, 5.41) is 3.05. The maximum atomic E-state index is 12.0. The minimum atomic E-state index is 0.210. The van der Waals surface area contributed by atoms with Gasteiger partial charge in [0.25, 0.3) is 0 Å². The quantitative estimate of drug-likeness (QED) is 0.937. The molecule has 1 aliphatic carbocycles. The van der Waals surface area contributed by atoms with Crippen molar-refractivity contribution in [2.45, 2.75) is 39.2 Å². The zero-order valence-corrected chi connectivity index (χ0v) is 12.4. The van der Waals surface area contributed by atoms with Crippen molar-refractivity contribution in [1.29, 1.82) is 0 Å². The summed E-state index contributed by atoms with van der Waals surface area (Å²) in [6.07, 6.45) is 8.22. The summed E-state index contributed by atoms with van der Waals surface area (Å²) in [6, 6.07) is 8.24. The molecule has 1 amide bonds. The number of carbonyl (C=O) groups is 1. The van der Waals surface area contributed by atoms with Crippen molar-refractivity contribution in [3.8, 4) is 5.69 Å². The van der Waals surface area contributed by atoms with E-state index >= 15 is 0 Å². The van der Waals surface area contributed by atoms with Crippen molar-refractivity contribution >= 4 is 5.91 Å². The molecule has 110 valence electrons. The minimum absolute atomic E-state index is 0.210. The topological polar surface area (TPSA) is 46.9 Å². The molecule has 21 heavy (non-hydrogen) atoms. The molecule has 2 aromatic rings. The maximum absolute atomic E-state index is 12.0. The lowest BCUT2D eigenvalue weighted by molar-refractivity contribution is -0.124. The molecule has 0 saturated heterocycles. The highest BCUT2D eigenvalue weighted by Crippen LogP contribution is 2.24. The summed E-state index contributed by atoms with van der Waals surface area (Å²) < 4.78 is 2.04. The first-order valence-electron chi connectivity index (χ1n) is 7.61. The first-order chi connectivity index (χ1) is 10.2. The highest BCUT2D eigenvalue weighted by Gasteiger charge is 2.21. The van der Waals surface area contributed by atoms with Gasteiger partial charge in [-0.2, -0.15) is 0 Å². The van der Waals surface area contributed by atoms with Gasteiger partial charge in [-0.05, 0) is 37.5 Å². The van der Waals surface area contributed by atoms with Crippen molar-refractivity contribution in [1.82, 2.24) is 14.9 Å². The molecule has 1 heterocycles. The molecule has 1 aliphatic rings. The van der Waals surface area contributed by atoms with Crippen LogP contribution in [0.2, 0.25) is 0 Å². The summed E-state index contributed by atoms with van der Waals surface area (Å²) in [5.41, 5.74) is 2.22. The lowest BCUT2D eigenvalue weighted by atomic mass is 10.1. The number of aryl methyl sites for hydroxylation is 1. The number of nitrogens with one attached hydrogen (secondary N) is 1. The van der Waals surface area contributed by atoms with Crippen LogP contribution >= 0.6 is 0 Å². The van der Waals surface area contributed by atoms with Gasteiger partial charge in [-0.25, -0.2) is 4.98 Å². The molecule has 0 aliphatic heterocycles. The molecular weight excluding hydrogens is 262 g/mol. The van der Waals surface area contributed by atoms with E-state index in [1.807, 2.05) is 17.7 Å². The summed E-state index contributed by atoms with van der Waals surface area (Å²) >= 11 is 0. The van der Waals surface area contributed by atoms with E-state index in [0.717, 1.165) is 29.9 Å². The number of amides is 1. The van der Waals surface area contributed by atoms with E-state index in [2.05, 4.69) is 34.6 Å². The Morgan fingerprint density at radius 3 is 2.62 bits per heavy atom. The second kappa shape index (κ2) is 6.12. The van der Waals surface area contributed by atoms with Gasteiger partial charge < -0.3 is 9.88 Å². The van der Waals surface area contributed by atoms with Crippen molar-refractivity contribution in [2.24, 2.45) is 5.92 Å². The Bertz CT molecular complexity index is 609. The van der Waals surface area contributed by atoms with Crippen LogP contribution in [0.25, 0.3) is 5.69 Å². The third-order valence-corrected chi connectivity index (χ3v) is 4.23.